The molecule has 27 heavy (non-hydrogen) atoms. The minimum absolute atomic E-state index is 0.0814. The fourth-order valence-electron chi connectivity index (χ4n) is 3.50. The summed E-state index contributed by atoms with van der Waals surface area (Å²) >= 11 is 0. The number of carbonyl (C=O) groups is 1. The molecule has 8 nitrogen and oxygen atoms in total. The van der Waals surface area contributed by atoms with Gasteiger partial charge in [-0.3, -0.25) is 9.78 Å². The molecular weight excluding hydrogens is 344 g/mol. The standard InChI is InChI=1S/C19H20N6O2/c1-11-18(12(2)27-24-11)16-10-20-9-15(23-16)17-5-4-6-25(17)19(26)14-7-21-13(3)22-8-14/h7-10,17H,4-6H2,1-3H3/t17-/m0/s1. The summed E-state index contributed by atoms with van der Waals surface area (Å²) in [6.45, 7) is 6.20. The van der Waals surface area contributed by atoms with Crippen LogP contribution in [0.2, 0.25) is 0 Å². The number of aryl methyl sites for hydroxylation is 3. The van der Waals surface area contributed by atoms with Crippen molar-refractivity contribution in [2.75, 3.05) is 6.54 Å². The lowest BCUT2D eigenvalue weighted by molar-refractivity contribution is 0.0732. The SMILES string of the molecule is Cc1ncc(C(=O)N2CCC[C@H]2c2cncc(-c3c(C)noc3C)n2)cn1. The van der Waals surface area contributed by atoms with Gasteiger partial charge in [-0.15, -0.1) is 0 Å². The van der Waals surface area contributed by atoms with E-state index >= 15 is 0 Å². The van der Waals surface area contributed by atoms with Crippen molar-refractivity contribution in [3.8, 4) is 11.3 Å². The van der Waals surface area contributed by atoms with Crippen LogP contribution in [0.3, 0.4) is 0 Å². The van der Waals surface area contributed by atoms with Gasteiger partial charge in [-0.05, 0) is 33.6 Å². The Balaban J connectivity index is 1.65. The van der Waals surface area contributed by atoms with Crippen molar-refractivity contribution in [1.29, 1.82) is 0 Å². The van der Waals surface area contributed by atoms with E-state index in [4.69, 9.17) is 9.51 Å². The molecule has 1 atom stereocenters. The molecule has 0 spiro atoms. The second-order valence-electron chi connectivity index (χ2n) is 6.70. The molecule has 1 amide bonds. The van der Waals surface area contributed by atoms with Gasteiger partial charge in [0.05, 0.1) is 46.6 Å². The molecule has 4 heterocycles. The summed E-state index contributed by atoms with van der Waals surface area (Å²) in [7, 11) is 0. The zero-order valence-corrected chi connectivity index (χ0v) is 15.5. The Labute approximate surface area is 156 Å². The largest absolute Gasteiger partial charge is 0.361 e. The van der Waals surface area contributed by atoms with Crippen molar-refractivity contribution in [2.24, 2.45) is 0 Å². The van der Waals surface area contributed by atoms with Gasteiger partial charge in [0.25, 0.3) is 5.91 Å². The number of hydrogen-bond acceptors (Lipinski definition) is 7. The Morgan fingerprint density at radius 2 is 1.93 bits per heavy atom. The molecule has 4 rings (SSSR count). The molecule has 0 bridgehead atoms. The molecule has 1 fully saturated rings. The van der Waals surface area contributed by atoms with E-state index in [-0.39, 0.29) is 11.9 Å². The highest BCUT2D eigenvalue weighted by Crippen LogP contribution is 2.33. The van der Waals surface area contributed by atoms with Crippen LogP contribution in [0, 0.1) is 20.8 Å². The molecule has 1 saturated heterocycles. The molecule has 0 aliphatic carbocycles. The Bertz CT molecular complexity index is 963. The van der Waals surface area contributed by atoms with E-state index in [0.29, 0.717) is 29.4 Å². The zero-order chi connectivity index (χ0) is 19.0. The number of aromatic nitrogens is 5. The average molecular weight is 364 g/mol. The fourth-order valence-corrected chi connectivity index (χ4v) is 3.50. The van der Waals surface area contributed by atoms with E-state index in [1.165, 1.54) is 0 Å². The lowest BCUT2D eigenvalue weighted by atomic mass is 10.1. The predicted molar refractivity (Wildman–Crippen MR) is 96.8 cm³/mol. The van der Waals surface area contributed by atoms with Crippen LogP contribution in [0.25, 0.3) is 11.3 Å². The van der Waals surface area contributed by atoms with E-state index in [2.05, 4.69) is 20.1 Å². The maximum absolute atomic E-state index is 12.9. The van der Waals surface area contributed by atoms with Crippen molar-refractivity contribution in [3.63, 3.8) is 0 Å². The lowest BCUT2D eigenvalue weighted by Crippen LogP contribution is -2.31. The molecule has 8 heteroatoms. The molecule has 3 aromatic rings. The van der Waals surface area contributed by atoms with Crippen LogP contribution in [0.4, 0.5) is 0 Å². The van der Waals surface area contributed by atoms with Crippen molar-refractivity contribution >= 4 is 5.91 Å². The van der Waals surface area contributed by atoms with Crippen LogP contribution < -0.4 is 0 Å². The first-order chi connectivity index (χ1) is 13.0. The van der Waals surface area contributed by atoms with Crippen LogP contribution in [0.15, 0.2) is 29.3 Å². The second-order valence-corrected chi connectivity index (χ2v) is 6.70. The molecule has 0 N–H and O–H groups in total. The molecule has 3 aromatic heterocycles. The molecule has 0 saturated carbocycles. The predicted octanol–water partition coefficient (Wildman–Crippen LogP) is 2.82. The first-order valence-electron chi connectivity index (χ1n) is 8.89. The monoisotopic (exact) mass is 364 g/mol. The van der Waals surface area contributed by atoms with Crippen molar-refractivity contribution in [2.45, 2.75) is 39.7 Å². The quantitative estimate of drug-likeness (QED) is 0.705. The number of rotatable bonds is 3. The van der Waals surface area contributed by atoms with Crippen LogP contribution in [-0.2, 0) is 0 Å². The van der Waals surface area contributed by atoms with Crippen molar-refractivity contribution in [3.05, 3.63) is 53.3 Å². The van der Waals surface area contributed by atoms with Gasteiger partial charge in [0.1, 0.15) is 11.6 Å². The molecule has 1 aliphatic rings. The summed E-state index contributed by atoms with van der Waals surface area (Å²) in [6, 6.07) is -0.119. The maximum Gasteiger partial charge on any atom is 0.257 e. The Morgan fingerprint density at radius 3 is 2.63 bits per heavy atom. The number of hydrogen-bond donors (Lipinski definition) is 0. The van der Waals surface area contributed by atoms with E-state index < -0.39 is 0 Å². The first-order valence-corrected chi connectivity index (χ1v) is 8.89. The minimum atomic E-state index is -0.119. The number of nitrogens with zero attached hydrogens (tertiary/aromatic N) is 6. The van der Waals surface area contributed by atoms with Crippen LogP contribution in [0.5, 0.6) is 0 Å². The van der Waals surface area contributed by atoms with E-state index in [0.717, 1.165) is 29.8 Å². The molecule has 0 unspecified atom stereocenters. The second kappa shape index (κ2) is 6.86. The van der Waals surface area contributed by atoms with Crippen molar-refractivity contribution in [1.82, 2.24) is 30.0 Å². The van der Waals surface area contributed by atoms with Gasteiger partial charge in [-0.2, -0.15) is 0 Å². The molecular formula is C19H20N6O2. The van der Waals surface area contributed by atoms with Gasteiger partial charge in [-0.25, -0.2) is 15.0 Å². The van der Waals surface area contributed by atoms with Gasteiger partial charge in [0.2, 0.25) is 0 Å². The third-order valence-electron chi connectivity index (χ3n) is 4.83. The lowest BCUT2D eigenvalue weighted by Gasteiger charge is -2.24. The Morgan fingerprint density at radius 1 is 1.15 bits per heavy atom. The zero-order valence-electron chi connectivity index (χ0n) is 15.5. The first kappa shape index (κ1) is 17.3. The van der Waals surface area contributed by atoms with Crippen molar-refractivity contribution < 1.29 is 9.32 Å². The third kappa shape index (κ3) is 3.18. The molecule has 0 radical (unpaired) electrons. The van der Waals surface area contributed by atoms with E-state index in [1.807, 2.05) is 18.7 Å². The molecule has 138 valence electrons. The summed E-state index contributed by atoms with van der Waals surface area (Å²) < 4.78 is 5.25. The summed E-state index contributed by atoms with van der Waals surface area (Å²) in [5, 5.41) is 3.99. The van der Waals surface area contributed by atoms with Gasteiger partial charge in [-0.1, -0.05) is 5.16 Å². The summed E-state index contributed by atoms with van der Waals surface area (Å²) in [5.74, 6) is 1.26. The van der Waals surface area contributed by atoms with Crippen LogP contribution in [-0.4, -0.2) is 42.4 Å². The minimum Gasteiger partial charge on any atom is -0.361 e. The van der Waals surface area contributed by atoms with Gasteiger partial charge >= 0.3 is 0 Å². The third-order valence-corrected chi connectivity index (χ3v) is 4.83. The smallest absolute Gasteiger partial charge is 0.257 e. The Kier molecular flexibility index (Phi) is 4.39. The highest BCUT2D eigenvalue weighted by Gasteiger charge is 2.32. The maximum atomic E-state index is 12.9. The average Bonchev–Trinajstić information content (AvgIpc) is 3.29. The van der Waals surface area contributed by atoms with E-state index in [9.17, 15) is 4.79 Å². The highest BCUT2D eigenvalue weighted by atomic mass is 16.5. The van der Waals surface area contributed by atoms with Crippen LogP contribution in [0.1, 0.15) is 52.2 Å². The summed E-state index contributed by atoms with van der Waals surface area (Å²) in [5.41, 5.74) is 3.60. The van der Waals surface area contributed by atoms with Crippen LogP contribution >= 0.6 is 0 Å². The number of amides is 1. The fraction of sp³-hybridized carbons (Fsp3) is 0.368. The molecule has 0 aromatic carbocycles. The van der Waals surface area contributed by atoms with E-state index in [1.54, 1.807) is 31.7 Å². The Hall–Kier alpha value is -3.16. The summed E-state index contributed by atoms with van der Waals surface area (Å²) in [4.78, 5) is 32.2. The number of likely N-dealkylation sites (tertiary alicyclic amines) is 1. The van der Waals surface area contributed by atoms with Gasteiger partial charge in [0.15, 0.2) is 0 Å². The topological polar surface area (TPSA) is 97.9 Å². The van der Waals surface area contributed by atoms with Gasteiger partial charge in [0, 0.05) is 18.9 Å². The summed E-state index contributed by atoms with van der Waals surface area (Å²) in [6.07, 6.45) is 8.34. The highest BCUT2D eigenvalue weighted by molar-refractivity contribution is 5.94. The normalized spacial score (nSPS) is 16.7. The molecule has 1 aliphatic heterocycles. The van der Waals surface area contributed by atoms with Gasteiger partial charge < -0.3 is 9.42 Å². The number of carbonyl (C=O) groups excluding carboxylic acids is 1.